The van der Waals surface area contributed by atoms with Crippen molar-refractivity contribution in [2.45, 2.75) is 6.54 Å². The maximum atomic E-state index is 12.2. The van der Waals surface area contributed by atoms with Crippen molar-refractivity contribution in [3.8, 4) is 5.75 Å². The lowest BCUT2D eigenvalue weighted by molar-refractivity contribution is 0.0782. The van der Waals surface area contributed by atoms with Gasteiger partial charge in [0.25, 0.3) is 5.91 Å². The van der Waals surface area contributed by atoms with Crippen LogP contribution >= 0.6 is 34.5 Å². The fraction of sp³-hybridized carbons (Fsp3) is 0.167. The van der Waals surface area contributed by atoms with Gasteiger partial charge in [-0.25, -0.2) is 4.98 Å². The molecule has 0 aliphatic carbocycles. The molecule has 0 saturated heterocycles. The number of hydrogen-bond donors (Lipinski definition) is 1. The van der Waals surface area contributed by atoms with Gasteiger partial charge in [-0.05, 0) is 12.1 Å². The fourth-order valence-electron chi connectivity index (χ4n) is 1.57. The topological polar surface area (TPSA) is 53.4 Å². The van der Waals surface area contributed by atoms with Crippen molar-refractivity contribution in [2.24, 2.45) is 0 Å². The number of nitrogens with zero attached hydrogens (tertiary/aromatic N) is 2. The third-order valence-corrected chi connectivity index (χ3v) is 3.73. The molecule has 2 aromatic rings. The summed E-state index contributed by atoms with van der Waals surface area (Å²) in [6, 6.07) is 2.71. The number of halogens is 2. The van der Waals surface area contributed by atoms with Gasteiger partial charge in [-0.3, -0.25) is 4.79 Å². The van der Waals surface area contributed by atoms with Crippen LogP contribution in [-0.2, 0) is 6.54 Å². The molecule has 0 aliphatic rings. The minimum absolute atomic E-state index is 0.0464. The van der Waals surface area contributed by atoms with Gasteiger partial charge in [0.05, 0.1) is 17.1 Å². The summed E-state index contributed by atoms with van der Waals surface area (Å²) in [6.45, 7) is 0.356. The molecule has 1 heterocycles. The highest BCUT2D eigenvalue weighted by Crippen LogP contribution is 2.31. The van der Waals surface area contributed by atoms with E-state index in [1.807, 2.05) is 5.38 Å². The van der Waals surface area contributed by atoms with Gasteiger partial charge in [-0.2, -0.15) is 0 Å². The predicted octanol–water partition coefficient (Wildman–Crippen LogP) is 3.43. The van der Waals surface area contributed by atoms with Crippen LogP contribution in [0.3, 0.4) is 0 Å². The molecule has 0 spiro atoms. The van der Waals surface area contributed by atoms with Gasteiger partial charge < -0.3 is 10.0 Å². The molecule has 0 unspecified atom stereocenters. The van der Waals surface area contributed by atoms with E-state index < -0.39 is 0 Å². The largest absolute Gasteiger partial charge is 0.507 e. The molecule has 0 radical (unpaired) electrons. The summed E-state index contributed by atoms with van der Waals surface area (Å²) >= 11 is 13.1. The molecule has 2 rings (SSSR count). The number of benzene rings is 1. The molecule has 0 aliphatic heterocycles. The van der Waals surface area contributed by atoms with Crippen molar-refractivity contribution < 1.29 is 9.90 Å². The van der Waals surface area contributed by atoms with Crippen molar-refractivity contribution in [3.63, 3.8) is 0 Å². The minimum Gasteiger partial charge on any atom is -0.507 e. The summed E-state index contributed by atoms with van der Waals surface area (Å²) in [7, 11) is 1.62. The summed E-state index contributed by atoms with van der Waals surface area (Å²) in [4.78, 5) is 17.8. The Morgan fingerprint density at radius 1 is 1.47 bits per heavy atom. The first-order valence-corrected chi connectivity index (χ1v) is 6.94. The van der Waals surface area contributed by atoms with Crippen LogP contribution < -0.4 is 0 Å². The van der Waals surface area contributed by atoms with Gasteiger partial charge in [0.1, 0.15) is 10.8 Å². The van der Waals surface area contributed by atoms with Crippen molar-refractivity contribution in [3.05, 3.63) is 44.3 Å². The fourth-order valence-corrected chi connectivity index (χ4v) is 2.80. The molecule has 1 aromatic carbocycles. The molecule has 0 fully saturated rings. The van der Waals surface area contributed by atoms with E-state index >= 15 is 0 Å². The smallest absolute Gasteiger partial charge is 0.259 e. The second-order valence-corrected chi connectivity index (χ2v) is 5.69. The van der Waals surface area contributed by atoms with E-state index in [1.165, 1.54) is 28.4 Å². The maximum absolute atomic E-state index is 12.2. The van der Waals surface area contributed by atoms with Crippen molar-refractivity contribution in [1.29, 1.82) is 0 Å². The molecular formula is C12H10Cl2N2O2S. The zero-order chi connectivity index (χ0) is 14.0. The van der Waals surface area contributed by atoms with E-state index in [2.05, 4.69) is 4.98 Å². The number of thiazole rings is 1. The van der Waals surface area contributed by atoms with Gasteiger partial charge in [-0.1, -0.05) is 23.2 Å². The molecule has 7 heteroatoms. The third kappa shape index (κ3) is 3.18. The highest BCUT2D eigenvalue weighted by Gasteiger charge is 2.20. The van der Waals surface area contributed by atoms with Crippen LogP contribution in [0.15, 0.2) is 23.7 Å². The molecule has 0 atom stereocenters. The van der Waals surface area contributed by atoms with E-state index in [-0.39, 0.29) is 27.3 Å². The Labute approximate surface area is 124 Å². The van der Waals surface area contributed by atoms with Crippen molar-refractivity contribution in [1.82, 2.24) is 9.88 Å². The van der Waals surface area contributed by atoms with Crippen molar-refractivity contribution >= 4 is 40.4 Å². The van der Waals surface area contributed by atoms with E-state index in [9.17, 15) is 9.90 Å². The Morgan fingerprint density at radius 3 is 2.79 bits per heavy atom. The van der Waals surface area contributed by atoms with Crippen LogP contribution in [0.1, 0.15) is 15.4 Å². The number of phenols is 1. The summed E-state index contributed by atoms with van der Waals surface area (Å²) in [5, 5.41) is 12.8. The minimum atomic E-state index is -0.380. The lowest BCUT2D eigenvalue weighted by Gasteiger charge is -2.17. The number of aromatic nitrogens is 1. The number of hydrogen-bond acceptors (Lipinski definition) is 4. The molecule has 0 saturated carbocycles. The highest BCUT2D eigenvalue weighted by molar-refractivity contribution is 7.09. The first-order valence-electron chi connectivity index (χ1n) is 5.31. The van der Waals surface area contributed by atoms with Gasteiger partial charge in [0.15, 0.2) is 0 Å². The normalized spacial score (nSPS) is 10.5. The van der Waals surface area contributed by atoms with Gasteiger partial charge in [0, 0.05) is 23.6 Å². The molecule has 0 bridgehead atoms. The van der Waals surface area contributed by atoms with E-state index in [0.717, 1.165) is 5.01 Å². The van der Waals surface area contributed by atoms with Crippen LogP contribution in [0.4, 0.5) is 0 Å². The lowest BCUT2D eigenvalue weighted by atomic mass is 10.1. The second-order valence-electron chi connectivity index (χ2n) is 3.87. The number of aromatic hydroxyl groups is 1. The number of phenolic OH excluding ortho intramolecular Hbond substituents is 1. The zero-order valence-corrected chi connectivity index (χ0v) is 12.3. The van der Waals surface area contributed by atoms with Crippen LogP contribution in [-0.4, -0.2) is 27.9 Å². The monoisotopic (exact) mass is 316 g/mol. The van der Waals surface area contributed by atoms with Gasteiger partial charge in [0.2, 0.25) is 0 Å². The summed E-state index contributed by atoms with van der Waals surface area (Å²) < 4.78 is 0. The van der Waals surface area contributed by atoms with Crippen LogP contribution in [0.25, 0.3) is 0 Å². The maximum Gasteiger partial charge on any atom is 0.259 e. The molecule has 100 valence electrons. The number of carbonyl (C=O) groups excluding carboxylic acids is 1. The molecule has 19 heavy (non-hydrogen) atoms. The van der Waals surface area contributed by atoms with E-state index in [1.54, 1.807) is 13.2 Å². The highest BCUT2D eigenvalue weighted by atomic mass is 35.5. The van der Waals surface area contributed by atoms with Crippen LogP contribution in [0.2, 0.25) is 10.0 Å². The molecule has 1 N–H and O–H groups in total. The first kappa shape index (κ1) is 14.1. The Bertz CT molecular complexity index is 579. The molecule has 1 aromatic heterocycles. The Morgan fingerprint density at radius 2 is 2.21 bits per heavy atom. The lowest BCUT2D eigenvalue weighted by Crippen LogP contribution is -2.26. The Balaban J connectivity index is 2.24. The first-order chi connectivity index (χ1) is 8.99. The van der Waals surface area contributed by atoms with Crippen LogP contribution in [0, 0.1) is 0 Å². The van der Waals surface area contributed by atoms with Gasteiger partial charge in [-0.15, -0.1) is 11.3 Å². The average Bonchev–Trinajstić information content (AvgIpc) is 2.80. The quantitative estimate of drug-likeness (QED) is 0.943. The van der Waals surface area contributed by atoms with Crippen LogP contribution in [0.5, 0.6) is 5.75 Å². The van der Waals surface area contributed by atoms with E-state index in [4.69, 9.17) is 23.2 Å². The zero-order valence-electron chi connectivity index (χ0n) is 9.93. The van der Waals surface area contributed by atoms with E-state index in [0.29, 0.717) is 6.54 Å². The standard InChI is InChI=1S/C12H10Cl2N2O2S/c1-16(6-10-15-2-3-19-10)12(18)11-8(14)4-7(13)5-9(11)17/h2-5,17H,6H2,1H3. The average molecular weight is 317 g/mol. The third-order valence-electron chi connectivity index (χ3n) is 2.45. The Kier molecular flexibility index (Phi) is 4.29. The summed E-state index contributed by atoms with van der Waals surface area (Å²) in [6.07, 6.45) is 1.67. The summed E-state index contributed by atoms with van der Waals surface area (Å²) in [5.41, 5.74) is 0.0464. The molecular weight excluding hydrogens is 307 g/mol. The number of carbonyl (C=O) groups is 1. The Hall–Kier alpha value is -1.30. The summed E-state index contributed by atoms with van der Waals surface area (Å²) in [5.74, 6) is -0.608. The SMILES string of the molecule is CN(Cc1nccs1)C(=O)c1c(O)cc(Cl)cc1Cl. The van der Waals surface area contributed by atoms with Gasteiger partial charge >= 0.3 is 0 Å². The second kappa shape index (κ2) is 5.77. The number of amides is 1. The predicted molar refractivity (Wildman–Crippen MR) is 76.0 cm³/mol. The molecule has 1 amide bonds. The number of rotatable bonds is 3. The van der Waals surface area contributed by atoms with Crippen molar-refractivity contribution in [2.75, 3.05) is 7.05 Å². The molecule has 4 nitrogen and oxygen atoms in total.